The van der Waals surface area contributed by atoms with Gasteiger partial charge in [-0.1, -0.05) is 18.2 Å². The highest BCUT2D eigenvalue weighted by Gasteiger charge is 2.29. The molecule has 2 aromatic rings. The average Bonchev–Trinajstić information content (AvgIpc) is 2.74. The fourth-order valence-electron chi connectivity index (χ4n) is 2.68. The summed E-state index contributed by atoms with van der Waals surface area (Å²) < 4.78 is 48.4. The van der Waals surface area contributed by atoms with E-state index in [9.17, 15) is 18.3 Å². The van der Waals surface area contributed by atoms with Crippen LogP contribution in [0.5, 0.6) is 11.5 Å². The Morgan fingerprint density at radius 2 is 1.68 bits per heavy atom. The predicted molar refractivity (Wildman–Crippen MR) is 124 cm³/mol. The van der Waals surface area contributed by atoms with Gasteiger partial charge in [0, 0.05) is 13.1 Å². The van der Waals surface area contributed by atoms with Crippen LogP contribution in [-0.4, -0.2) is 38.4 Å². The first-order chi connectivity index (χ1) is 14.3. The number of aliphatic hydroxyl groups is 1. The number of alkyl halides is 3. The molecule has 0 fully saturated rings. The van der Waals surface area contributed by atoms with Gasteiger partial charge in [0.25, 0.3) is 0 Å². The Labute approximate surface area is 196 Å². The molecular formula is C21H27F3IN3O3. The second-order valence-electron chi connectivity index (χ2n) is 6.40. The lowest BCUT2D eigenvalue weighted by Crippen LogP contribution is -2.39. The van der Waals surface area contributed by atoms with Gasteiger partial charge in [-0.15, -0.1) is 24.0 Å². The van der Waals surface area contributed by atoms with Crippen LogP contribution in [0.4, 0.5) is 13.2 Å². The third-order valence-corrected chi connectivity index (χ3v) is 4.30. The molecule has 1 atom stereocenters. The number of aliphatic imine (C=N–C) groups is 1. The third kappa shape index (κ3) is 8.09. The van der Waals surface area contributed by atoms with Crippen molar-refractivity contribution in [1.82, 2.24) is 10.6 Å². The lowest BCUT2D eigenvalue weighted by atomic mass is 10.1. The van der Waals surface area contributed by atoms with E-state index >= 15 is 0 Å². The lowest BCUT2D eigenvalue weighted by molar-refractivity contribution is -0.137. The molecular weight excluding hydrogens is 526 g/mol. The maximum absolute atomic E-state index is 12.7. The van der Waals surface area contributed by atoms with Gasteiger partial charge in [-0.2, -0.15) is 13.2 Å². The van der Waals surface area contributed by atoms with Crippen LogP contribution in [-0.2, 0) is 12.7 Å². The van der Waals surface area contributed by atoms with Gasteiger partial charge in [-0.05, 0) is 42.3 Å². The van der Waals surface area contributed by atoms with Crippen molar-refractivity contribution in [2.45, 2.75) is 25.7 Å². The minimum atomic E-state index is -4.36. The van der Waals surface area contributed by atoms with Crippen LogP contribution in [0.2, 0.25) is 0 Å². The van der Waals surface area contributed by atoms with Crippen molar-refractivity contribution in [2.75, 3.05) is 27.3 Å². The van der Waals surface area contributed by atoms with Gasteiger partial charge < -0.3 is 25.2 Å². The molecule has 0 saturated heterocycles. The maximum Gasteiger partial charge on any atom is 0.416 e. The summed E-state index contributed by atoms with van der Waals surface area (Å²) in [5, 5.41) is 16.5. The van der Waals surface area contributed by atoms with E-state index in [1.54, 1.807) is 18.2 Å². The van der Waals surface area contributed by atoms with Crippen LogP contribution in [0.25, 0.3) is 0 Å². The molecule has 0 heterocycles. The molecule has 2 rings (SSSR count). The average molecular weight is 553 g/mol. The highest BCUT2D eigenvalue weighted by molar-refractivity contribution is 14.0. The first-order valence-electron chi connectivity index (χ1n) is 9.36. The second-order valence-corrected chi connectivity index (χ2v) is 6.40. The zero-order valence-corrected chi connectivity index (χ0v) is 19.8. The summed E-state index contributed by atoms with van der Waals surface area (Å²) in [5.41, 5.74) is 0.581. The van der Waals surface area contributed by atoms with Crippen LogP contribution in [0.1, 0.15) is 29.7 Å². The Kier molecular flexibility index (Phi) is 10.9. The van der Waals surface area contributed by atoms with E-state index in [-0.39, 0.29) is 37.1 Å². The molecule has 0 aliphatic carbocycles. The summed E-state index contributed by atoms with van der Waals surface area (Å²) in [7, 11) is 3.05. The molecule has 172 valence electrons. The molecule has 1 unspecified atom stereocenters. The highest BCUT2D eigenvalue weighted by Crippen LogP contribution is 2.30. The Morgan fingerprint density at radius 1 is 1.03 bits per heavy atom. The lowest BCUT2D eigenvalue weighted by Gasteiger charge is -2.17. The predicted octanol–water partition coefficient (Wildman–Crippen LogP) is 4.13. The second kappa shape index (κ2) is 12.6. The molecule has 2 aromatic carbocycles. The molecule has 0 saturated carbocycles. The quantitative estimate of drug-likeness (QED) is 0.261. The summed E-state index contributed by atoms with van der Waals surface area (Å²) in [6, 6.07) is 10.00. The standard InChI is InChI=1S/C21H26F3N3O3.HI/c1-4-25-20(26-12-14-5-8-16(9-6-14)21(22,23)24)27-13-17(28)15-7-10-18(29-2)19(11-15)30-3;/h5-11,17,28H,4,12-13H2,1-3H3,(H2,25,26,27);1H. The summed E-state index contributed by atoms with van der Waals surface area (Å²) in [4.78, 5) is 4.36. The minimum Gasteiger partial charge on any atom is -0.493 e. The van der Waals surface area contributed by atoms with Crippen LogP contribution in [0, 0.1) is 0 Å². The topological polar surface area (TPSA) is 75.1 Å². The summed E-state index contributed by atoms with van der Waals surface area (Å²) >= 11 is 0. The summed E-state index contributed by atoms with van der Waals surface area (Å²) in [5.74, 6) is 1.52. The Morgan fingerprint density at radius 3 is 2.23 bits per heavy atom. The monoisotopic (exact) mass is 553 g/mol. The molecule has 31 heavy (non-hydrogen) atoms. The zero-order chi connectivity index (χ0) is 22.1. The molecule has 0 amide bonds. The van der Waals surface area contributed by atoms with E-state index in [1.807, 2.05) is 6.92 Å². The van der Waals surface area contributed by atoms with Gasteiger partial charge in [-0.25, -0.2) is 4.99 Å². The zero-order valence-electron chi connectivity index (χ0n) is 17.5. The number of ether oxygens (including phenoxy) is 2. The minimum absolute atomic E-state index is 0. The van der Waals surface area contributed by atoms with Crippen molar-refractivity contribution in [2.24, 2.45) is 4.99 Å². The normalized spacial score (nSPS) is 12.5. The van der Waals surface area contributed by atoms with Crippen molar-refractivity contribution in [3.05, 3.63) is 59.2 Å². The fourth-order valence-corrected chi connectivity index (χ4v) is 2.68. The van der Waals surface area contributed by atoms with Gasteiger partial charge in [-0.3, -0.25) is 0 Å². The first-order valence-corrected chi connectivity index (χ1v) is 9.36. The SMILES string of the molecule is CCNC(=NCc1ccc(C(F)(F)F)cc1)NCC(O)c1ccc(OC)c(OC)c1.I. The fraction of sp³-hybridized carbons (Fsp3) is 0.381. The number of nitrogens with one attached hydrogen (secondary N) is 2. The molecule has 0 radical (unpaired) electrons. The maximum atomic E-state index is 12.7. The molecule has 0 bridgehead atoms. The van der Waals surface area contributed by atoms with Crippen molar-refractivity contribution >= 4 is 29.9 Å². The summed E-state index contributed by atoms with van der Waals surface area (Å²) in [6.07, 6.45) is -5.20. The number of guanidine groups is 1. The Bertz CT molecular complexity index is 846. The highest BCUT2D eigenvalue weighted by atomic mass is 127. The molecule has 10 heteroatoms. The number of hydrogen-bond donors (Lipinski definition) is 3. The Hall–Kier alpha value is -2.21. The molecule has 3 N–H and O–H groups in total. The van der Waals surface area contributed by atoms with Crippen LogP contribution < -0.4 is 20.1 Å². The van der Waals surface area contributed by atoms with Gasteiger partial charge >= 0.3 is 6.18 Å². The molecule has 0 spiro atoms. The number of rotatable bonds is 8. The van der Waals surface area contributed by atoms with Crippen LogP contribution in [0.3, 0.4) is 0 Å². The van der Waals surface area contributed by atoms with Gasteiger partial charge in [0.2, 0.25) is 0 Å². The first kappa shape index (κ1) is 26.8. The number of benzene rings is 2. The summed E-state index contributed by atoms with van der Waals surface area (Å²) in [6.45, 7) is 2.85. The van der Waals surface area contributed by atoms with Crippen molar-refractivity contribution in [3.8, 4) is 11.5 Å². The van der Waals surface area contributed by atoms with Crippen molar-refractivity contribution < 1.29 is 27.8 Å². The molecule has 6 nitrogen and oxygen atoms in total. The number of nitrogens with zero attached hydrogens (tertiary/aromatic N) is 1. The van der Waals surface area contributed by atoms with E-state index in [1.165, 1.54) is 26.4 Å². The van der Waals surface area contributed by atoms with Crippen molar-refractivity contribution in [3.63, 3.8) is 0 Å². The van der Waals surface area contributed by atoms with Gasteiger partial charge in [0.05, 0.1) is 32.4 Å². The Balaban J connectivity index is 0.00000480. The van der Waals surface area contributed by atoms with E-state index in [0.717, 1.165) is 12.1 Å². The molecule has 0 aromatic heterocycles. The van der Waals surface area contributed by atoms with E-state index < -0.39 is 17.8 Å². The number of hydrogen-bond acceptors (Lipinski definition) is 4. The number of aliphatic hydroxyl groups excluding tert-OH is 1. The largest absolute Gasteiger partial charge is 0.493 e. The van der Waals surface area contributed by atoms with Crippen molar-refractivity contribution in [1.29, 1.82) is 0 Å². The van der Waals surface area contributed by atoms with Gasteiger partial charge in [0.1, 0.15) is 0 Å². The molecule has 0 aliphatic rings. The van der Waals surface area contributed by atoms with E-state index in [0.29, 0.717) is 35.1 Å². The smallest absolute Gasteiger partial charge is 0.416 e. The third-order valence-electron chi connectivity index (χ3n) is 4.30. The van der Waals surface area contributed by atoms with Crippen LogP contribution >= 0.6 is 24.0 Å². The van der Waals surface area contributed by atoms with Gasteiger partial charge in [0.15, 0.2) is 17.5 Å². The van der Waals surface area contributed by atoms with E-state index in [2.05, 4.69) is 15.6 Å². The van der Waals surface area contributed by atoms with Crippen LogP contribution in [0.15, 0.2) is 47.5 Å². The number of methoxy groups -OCH3 is 2. The molecule has 0 aliphatic heterocycles. The van der Waals surface area contributed by atoms with E-state index in [4.69, 9.17) is 9.47 Å². The number of halogens is 4.